The summed E-state index contributed by atoms with van der Waals surface area (Å²) < 4.78 is 10.3. The molecule has 7 heteroatoms. The van der Waals surface area contributed by atoms with Crippen LogP contribution in [0.25, 0.3) is 11.3 Å². The number of rotatable bonds is 6. The average Bonchev–Trinajstić information content (AvgIpc) is 3.30. The van der Waals surface area contributed by atoms with E-state index in [1.54, 1.807) is 6.92 Å². The third kappa shape index (κ3) is 4.43. The lowest BCUT2D eigenvalue weighted by Gasteiger charge is -2.11. The quantitative estimate of drug-likeness (QED) is 0.635. The van der Waals surface area contributed by atoms with Gasteiger partial charge in [-0.25, -0.2) is 9.78 Å². The van der Waals surface area contributed by atoms with Crippen molar-refractivity contribution < 1.29 is 18.7 Å². The molecule has 2 aromatic heterocycles. The van der Waals surface area contributed by atoms with Crippen LogP contribution >= 0.6 is 11.3 Å². The van der Waals surface area contributed by atoms with Gasteiger partial charge in [0.15, 0.2) is 11.2 Å². The first kappa shape index (κ1) is 18.8. The van der Waals surface area contributed by atoms with Crippen LogP contribution < -0.4 is 5.32 Å². The highest BCUT2D eigenvalue weighted by atomic mass is 32.1. The SMILES string of the molecule is CCc1ccc(-c2csc(NC(=O)[C@@H](C)OC(=O)c3ccoc3C)n2)cc1. The Bertz CT molecular complexity index is 943. The fraction of sp³-hybridized carbons (Fsp3) is 0.250. The molecular weight excluding hydrogens is 364 g/mol. The number of esters is 1. The number of carbonyl (C=O) groups excluding carboxylic acids is 2. The molecule has 0 saturated heterocycles. The van der Waals surface area contributed by atoms with E-state index in [-0.39, 0.29) is 0 Å². The molecule has 140 valence electrons. The molecule has 0 aliphatic rings. The van der Waals surface area contributed by atoms with Crippen molar-refractivity contribution in [1.82, 2.24) is 4.98 Å². The first-order valence-electron chi connectivity index (χ1n) is 8.58. The molecule has 0 unspecified atom stereocenters. The molecule has 0 spiro atoms. The molecule has 6 nitrogen and oxygen atoms in total. The van der Waals surface area contributed by atoms with Crippen LogP contribution in [0.3, 0.4) is 0 Å². The summed E-state index contributed by atoms with van der Waals surface area (Å²) >= 11 is 1.32. The second kappa shape index (κ2) is 8.18. The van der Waals surface area contributed by atoms with E-state index in [0.717, 1.165) is 17.7 Å². The third-order valence-electron chi connectivity index (χ3n) is 4.12. The van der Waals surface area contributed by atoms with Gasteiger partial charge in [-0.2, -0.15) is 0 Å². The summed E-state index contributed by atoms with van der Waals surface area (Å²) in [6.07, 6.45) is 1.43. The molecule has 0 radical (unpaired) electrons. The summed E-state index contributed by atoms with van der Waals surface area (Å²) in [5, 5.41) is 5.02. The minimum atomic E-state index is -0.956. The van der Waals surface area contributed by atoms with Crippen LogP contribution in [-0.2, 0) is 16.0 Å². The first-order chi connectivity index (χ1) is 13.0. The highest BCUT2D eigenvalue weighted by Crippen LogP contribution is 2.25. The molecule has 0 aliphatic heterocycles. The van der Waals surface area contributed by atoms with Crippen LogP contribution in [0, 0.1) is 6.92 Å². The number of aromatic nitrogens is 1. The van der Waals surface area contributed by atoms with E-state index in [1.807, 2.05) is 17.5 Å². The zero-order chi connectivity index (χ0) is 19.4. The van der Waals surface area contributed by atoms with Gasteiger partial charge in [-0.3, -0.25) is 10.1 Å². The lowest BCUT2D eigenvalue weighted by atomic mass is 10.1. The van der Waals surface area contributed by atoms with Crippen LogP contribution in [0.5, 0.6) is 0 Å². The summed E-state index contributed by atoms with van der Waals surface area (Å²) in [6, 6.07) is 9.66. The molecule has 1 aromatic carbocycles. The molecule has 1 amide bonds. The summed E-state index contributed by atoms with van der Waals surface area (Å²) in [5.41, 5.74) is 3.34. The van der Waals surface area contributed by atoms with Gasteiger partial charge in [0.1, 0.15) is 11.3 Å². The Hall–Kier alpha value is -2.93. The predicted molar refractivity (Wildman–Crippen MR) is 104 cm³/mol. The van der Waals surface area contributed by atoms with E-state index in [2.05, 4.69) is 29.4 Å². The number of nitrogens with one attached hydrogen (secondary N) is 1. The molecule has 1 N–H and O–H groups in total. The number of carbonyl (C=O) groups is 2. The smallest absolute Gasteiger partial charge is 0.342 e. The van der Waals surface area contributed by atoms with Crippen molar-refractivity contribution >= 4 is 28.3 Å². The van der Waals surface area contributed by atoms with Gasteiger partial charge in [-0.15, -0.1) is 11.3 Å². The van der Waals surface area contributed by atoms with E-state index in [9.17, 15) is 9.59 Å². The lowest BCUT2D eigenvalue weighted by molar-refractivity contribution is -0.123. The Kier molecular flexibility index (Phi) is 5.71. The van der Waals surface area contributed by atoms with Gasteiger partial charge < -0.3 is 9.15 Å². The van der Waals surface area contributed by atoms with E-state index in [1.165, 1.54) is 36.2 Å². The van der Waals surface area contributed by atoms with E-state index < -0.39 is 18.0 Å². The number of amides is 1. The van der Waals surface area contributed by atoms with Gasteiger partial charge in [0.25, 0.3) is 5.91 Å². The second-order valence-corrected chi connectivity index (χ2v) is 6.87. The van der Waals surface area contributed by atoms with Crippen molar-refractivity contribution in [3.63, 3.8) is 0 Å². The second-order valence-electron chi connectivity index (χ2n) is 6.02. The van der Waals surface area contributed by atoms with Crippen LogP contribution in [0.2, 0.25) is 0 Å². The van der Waals surface area contributed by atoms with Gasteiger partial charge in [0.05, 0.1) is 12.0 Å². The Morgan fingerprint density at radius 3 is 2.63 bits per heavy atom. The Balaban J connectivity index is 1.61. The van der Waals surface area contributed by atoms with Crippen molar-refractivity contribution in [2.45, 2.75) is 33.3 Å². The molecule has 2 heterocycles. The van der Waals surface area contributed by atoms with Crippen LogP contribution in [-0.4, -0.2) is 23.0 Å². The number of thiazole rings is 1. The van der Waals surface area contributed by atoms with E-state index in [4.69, 9.17) is 9.15 Å². The molecule has 27 heavy (non-hydrogen) atoms. The Labute approximate surface area is 161 Å². The molecule has 0 aliphatic carbocycles. The Morgan fingerprint density at radius 1 is 1.26 bits per heavy atom. The number of nitrogens with zero attached hydrogens (tertiary/aromatic N) is 1. The zero-order valence-corrected chi connectivity index (χ0v) is 16.1. The summed E-state index contributed by atoms with van der Waals surface area (Å²) in [5.74, 6) is -0.585. The number of aryl methyl sites for hydroxylation is 2. The summed E-state index contributed by atoms with van der Waals surface area (Å²) in [7, 11) is 0. The lowest BCUT2D eigenvalue weighted by Crippen LogP contribution is -2.30. The maximum Gasteiger partial charge on any atom is 0.342 e. The van der Waals surface area contributed by atoms with Crippen LogP contribution in [0.4, 0.5) is 5.13 Å². The Morgan fingerprint density at radius 2 is 2.00 bits per heavy atom. The predicted octanol–water partition coefficient (Wildman–Crippen LogP) is 4.46. The normalized spacial score (nSPS) is 11.8. The first-order valence-corrected chi connectivity index (χ1v) is 9.46. The fourth-order valence-electron chi connectivity index (χ4n) is 2.46. The molecule has 0 fully saturated rings. The van der Waals surface area contributed by atoms with Crippen molar-refractivity contribution in [3.8, 4) is 11.3 Å². The van der Waals surface area contributed by atoms with Gasteiger partial charge in [0.2, 0.25) is 0 Å². The number of anilines is 1. The molecular formula is C20H20N2O4S. The van der Waals surface area contributed by atoms with E-state index >= 15 is 0 Å². The number of ether oxygens (including phenoxy) is 1. The maximum atomic E-state index is 12.3. The standard InChI is InChI=1S/C20H20N2O4S/c1-4-14-5-7-15(8-6-14)17-11-27-20(21-17)22-18(23)13(3)26-19(24)16-9-10-25-12(16)2/h5-11,13H,4H2,1-3H3,(H,21,22,23)/t13-/m1/s1. The number of benzene rings is 1. The molecule has 1 atom stereocenters. The minimum absolute atomic E-state index is 0.307. The highest BCUT2D eigenvalue weighted by Gasteiger charge is 2.22. The molecule has 0 bridgehead atoms. The molecule has 0 saturated carbocycles. The average molecular weight is 384 g/mol. The largest absolute Gasteiger partial charge is 0.469 e. The van der Waals surface area contributed by atoms with E-state index in [0.29, 0.717) is 16.5 Å². The number of furan rings is 1. The van der Waals surface area contributed by atoms with Gasteiger partial charge >= 0.3 is 5.97 Å². The van der Waals surface area contributed by atoms with Crippen molar-refractivity contribution in [2.24, 2.45) is 0 Å². The van der Waals surface area contributed by atoms with Crippen molar-refractivity contribution in [3.05, 3.63) is 58.9 Å². The minimum Gasteiger partial charge on any atom is -0.469 e. The topological polar surface area (TPSA) is 81.4 Å². The number of hydrogen-bond acceptors (Lipinski definition) is 6. The van der Waals surface area contributed by atoms with Crippen molar-refractivity contribution in [2.75, 3.05) is 5.32 Å². The summed E-state index contributed by atoms with van der Waals surface area (Å²) in [6.45, 7) is 5.28. The van der Waals surface area contributed by atoms with Gasteiger partial charge in [-0.05, 0) is 31.9 Å². The highest BCUT2D eigenvalue weighted by molar-refractivity contribution is 7.14. The number of hydrogen-bond donors (Lipinski definition) is 1. The zero-order valence-electron chi connectivity index (χ0n) is 15.3. The van der Waals surface area contributed by atoms with Gasteiger partial charge in [0, 0.05) is 10.9 Å². The molecule has 3 rings (SSSR count). The van der Waals surface area contributed by atoms with Crippen LogP contribution in [0.15, 0.2) is 46.4 Å². The summed E-state index contributed by atoms with van der Waals surface area (Å²) in [4.78, 5) is 28.8. The van der Waals surface area contributed by atoms with Gasteiger partial charge in [-0.1, -0.05) is 31.2 Å². The maximum absolute atomic E-state index is 12.3. The van der Waals surface area contributed by atoms with Crippen molar-refractivity contribution in [1.29, 1.82) is 0 Å². The third-order valence-corrected chi connectivity index (χ3v) is 4.88. The molecule has 3 aromatic rings. The van der Waals surface area contributed by atoms with Crippen LogP contribution in [0.1, 0.15) is 35.5 Å². The fourth-order valence-corrected chi connectivity index (χ4v) is 3.18. The monoisotopic (exact) mass is 384 g/mol.